The van der Waals surface area contributed by atoms with Gasteiger partial charge in [0.15, 0.2) is 24.0 Å². The van der Waals surface area contributed by atoms with Crippen molar-refractivity contribution in [3.63, 3.8) is 0 Å². The number of nitrogens with two attached hydrogens (primary N) is 1. The first kappa shape index (κ1) is 23.7. The van der Waals surface area contributed by atoms with Gasteiger partial charge in [0, 0.05) is 13.8 Å². The second-order valence-corrected chi connectivity index (χ2v) is 8.01. The lowest BCUT2D eigenvalue weighted by molar-refractivity contribution is -0.180. The average molecular weight is 494 g/mol. The van der Waals surface area contributed by atoms with E-state index >= 15 is 0 Å². The van der Waals surface area contributed by atoms with Crippen LogP contribution in [0.3, 0.4) is 0 Å². The lowest BCUT2D eigenvalue weighted by Gasteiger charge is -2.23. The molecular weight excluding hydrogens is 473 g/mol. The van der Waals surface area contributed by atoms with E-state index in [0.717, 1.165) is 24.6 Å². The Morgan fingerprint density at radius 3 is 2.53 bits per heavy atom. The molecule has 0 aromatic carbocycles. The fraction of sp³-hybridized carbons (Fsp3) is 0.588. The molecule has 1 aliphatic rings. The van der Waals surface area contributed by atoms with Crippen LogP contribution in [0.15, 0.2) is 11.0 Å². The van der Waals surface area contributed by atoms with Crippen LogP contribution in [0.1, 0.15) is 33.9 Å². The third-order valence-electron chi connectivity index (χ3n) is 4.04. The van der Waals surface area contributed by atoms with Crippen LogP contribution in [0.2, 0.25) is 0 Å². The van der Waals surface area contributed by atoms with Gasteiger partial charge < -0.3 is 24.7 Å². The molecule has 0 saturated carbocycles. The molecule has 3 unspecified atom stereocenters. The predicted molar refractivity (Wildman–Crippen MR) is 102 cm³/mol. The highest BCUT2D eigenvalue weighted by Crippen LogP contribution is 2.36. The molecule has 1 aromatic heterocycles. The molecule has 2 rings (SSSR count). The molecule has 1 saturated heterocycles. The van der Waals surface area contributed by atoms with Gasteiger partial charge in [0.05, 0.1) is 11.0 Å². The Kier molecular flexibility index (Phi) is 7.18. The van der Waals surface area contributed by atoms with E-state index in [-0.39, 0.29) is 6.61 Å². The van der Waals surface area contributed by atoms with E-state index in [1.54, 1.807) is 0 Å². The molecular formula is C17H21BrFN3O8. The average Bonchev–Trinajstić information content (AvgIpc) is 2.90. The Morgan fingerprint density at radius 1 is 1.33 bits per heavy atom. The van der Waals surface area contributed by atoms with Crippen molar-refractivity contribution in [1.82, 2.24) is 9.55 Å². The molecule has 11 nitrogen and oxygen atoms in total. The van der Waals surface area contributed by atoms with Gasteiger partial charge in [-0.25, -0.2) is 14.0 Å². The molecule has 4 atom stereocenters. The Morgan fingerprint density at radius 2 is 1.97 bits per heavy atom. The van der Waals surface area contributed by atoms with Gasteiger partial charge in [0.1, 0.15) is 12.7 Å². The molecule has 2 heterocycles. The minimum atomic E-state index is -1.54. The number of nitrogen functional groups attached to an aromatic ring is 1. The van der Waals surface area contributed by atoms with Gasteiger partial charge >= 0.3 is 23.6 Å². The first-order valence-corrected chi connectivity index (χ1v) is 9.62. The van der Waals surface area contributed by atoms with Crippen LogP contribution in [0.25, 0.3) is 0 Å². The highest BCUT2D eigenvalue weighted by atomic mass is 79.9. The lowest BCUT2D eigenvalue weighted by atomic mass is 10.1. The number of carbonyl (C=O) groups is 3. The molecule has 2 N–H and O–H groups in total. The van der Waals surface area contributed by atoms with Gasteiger partial charge in [-0.3, -0.25) is 14.2 Å². The molecule has 0 spiro atoms. The largest absolute Gasteiger partial charge is 0.460 e. The maximum absolute atomic E-state index is 13.9. The van der Waals surface area contributed by atoms with Crippen LogP contribution in [0.5, 0.6) is 0 Å². The Balaban J connectivity index is 2.22. The van der Waals surface area contributed by atoms with Crippen LogP contribution >= 0.6 is 15.9 Å². The summed E-state index contributed by atoms with van der Waals surface area (Å²) in [7, 11) is 0. The van der Waals surface area contributed by atoms with Gasteiger partial charge in [0.25, 0.3) is 0 Å². The number of anilines is 1. The van der Waals surface area contributed by atoms with Crippen LogP contribution in [0, 0.1) is 5.82 Å². The SMILES string of the molecule is CC(=O)O[C@@H]1C(Br)C(COC(=O)C(C)(C)OC(C)=O)OC1n1cc(F)c(N)nc1=O. The summed E-state index contributed by atoms with van der Waals surface area (Å²) in [6.07, 6.45) is -2.46. The van der Waals surface area contributed by atoms with Crippen molar-refractivity contribution >= 4 is 39.7 Å². The van der Waals surface area contributed by atoms with Crippen LogP contribution < -0.4 is 11.4 Å². The molecule has 166 valence electrons. The number of carbonyl (C=O) groups excluding carboxylic acids is 3. The first-order chi connectivity index (χ1) is 13.8. The maximum Gasteiger partial charge on any atom is 0.351 e. The quantitative estimate of drug-likeness (QED) is 0.336. The second kappa shape index (κ2) is 9.08. The van der Waals surface area contributed by atoms with E-state index in [1.807, 2.05) is 0 Å². The number of esters is 3. The predicted octanol–water partition coefficient (Wildman–Crippen LogP) is 0.442. The van der Waals surface area contributed by atoms with Crippen molar-refractivity contribution in [2.45, 2.75) is 56.6 Å². The number of halogens is 2. The molecule has 13 heteroatoms. The summed E-state index contributed by atoms with van der Waals surface area (Å²) in [5, 5.41) is 0. The second-order valence-electron chi connectivity index (χ2n) is 6.95. The van der Waals surface area contributed by atoms with E-state index in [4.69, 9.17) is 24.7 Å². The number of hydrogen-bond acceptors (Lipinski definition) is 10. The molecule has 1 aromatic rings. The number of nitrogens with zero attached hydrogens (tertiary/aromatic N) is 2. The number of aromatic nitrogens is 2. The van der Waals surface area contributed by atoms with Crippen LogP contribution in [-0.4, -0.2) is 56.7 Å². The third kappa shape index (κ3) is 5.33. The summed E-state index contributed by atoms with van der Waals surface area (Å²) >= 11 is 3.30. The minimum Gasteiger partial charge on any atom is -0.460 e. The van der Waals surface area contributed by atoms with Crippen molar-refractivity contribution < 1.29 is 37.7 Å². The van der Waals surface area contributed by atoms with E-state index < -0.39 is 64.1 Å². The smallest absolute Gasteiger partial charge is 0.351 e. The summed E-state index contributed by atoms with van der Waals surface area (Å²) in [6.45, 7) is 4.66. The van der Waals surface area contributed by atoms with E-state index in [2.05, 4.69) is 20.9 Å². The van der Waals surface area contributed by atoms with Crippen molar-refractivity contribution in [3.8, 4) is 0 Å². The molecule has 0 aliphatic carbocycles. The molecule has 1 fully saturated rings. The summed E-state index contributed by atoms with van der Waals surface area (Å²) in [4.78, 5) is 49.6. The topological polar surface area (TPSA) is 149 Å². The fourth-order valence-electron chi connectivity index (χ4n) is 2.74. The normalized spacial score (nSPS) is 23.7. The summed E-state index contributed by atoms with van der Waals surface area (Å²) < 4.78 is 35.6. The van der Waals surface area contributed by atoms with Gasteiger partial charge in [-0.15, -0.1) is 0 Å². The highest BCUT2D eigenvalue weighted by molar-refractivity contribution is 9.09. The molecule has 0 bridgehead atoms. The zero-order valence-corrected chi connectivity index (χ0v) is 18.2. The molecule has 0 amide bonds. The van der Waals surface area contributed by atoms with Crippen LogP contribution in [0.4, 0.5) is 10.2 Å². The number of hydrogen-bond donors (Lipinski definition) is 1. The van der Waals surface area contributed by atoms with Gasteiger partial charge in [0.2, 0.25) is 5.60 Å². The van der Waals surface area contributed by atoms with Crippen molar-refractivity contribution in [1.29, 1.82) is 0 Å². The Bertz CT molecular complexity index is 905. The third-order valence-corrected chi connectivity index (χ3v) is 5.15. The summed E-state index contributed by atoms with van der Waals surface area (Å²) in [5.41, 5.74) is 2.82. The van der Waals surface area contributed by atoms with Crippen LogP contribution in [-0.2, 0) is 33.3 Å². The van der Waals surface area contributed by atoms with E-state index in [1.165, 1.54) is 13.8 Å². The number of rotatable bonds is 6. The lowest BCUT2D eigenvalue weighted by Crippen LogP contribution is -2.40. The zero-order chi connectivity index (χ0) is 22.8. The molecule has 30 heavy (non-hydrogen) atoms. The van der Waals surface area contributed by atoms with Crippen molar-refractivity contribution in [3.05, 3.63) is 22.5 Å². The van der Waals surface area contributed by atoms with Gasteiger partial charge in [-0.1, -0.05) is 15.9 Å². The molecule has 1 aliphatic heterocycles. The van der Waals surface area contributed by atoms with Gasteiger partial charge in [-0.2, -0.15) is 4.98 Å². The maximum atomic E-state index is 13.9. The standard InChI is InChI=1S/C17H21BrFN3O8/c1-7(23)28-12-11(18)10(6-27-15(25)17(3,4)30-8(2)24)29-14(12)22-5-9(19)13(20)21-16(22)26/h5,10-12,14H,6H2,1-4H3,(H2,20,21,26)/t10?,11?,12-,14?/m1/s1. The first-order valence-electron chi connectivity index (χ1n) is 8.71. The molecule has 0 radical (unpaired) electrons. The van der Waals surface area contributed by atoms with Gasteiger partial charge in [-0.05, 0) is 13.8 Å². The van der Waals surface area contributed by atoms with Crippen molar-refractivity contribution in [2.75, 3.05) is 12.3 Å². The minimum absolute atomic E-state index is 0.340. The summed E-state index contributed by atoms with van der Waals surface area (Å²) in [5.74, 6) is -3.75. The Hall–Kier alpha value is -2.54. The summed E-state index contributed by atoms with van der Waals surface area (Å²) in [6, 6.07) is 0. The fourth-order valence-corrected chi connectivity index (χ4v) is 3.39. The highest BCUT2D eigenvalue weighted by Gasteiger charge is 2.48. The van der Waals surface area contributed by atoms with Crippen molar-refractivity contribution in [2.24, 2.45) is 0 Å². The van der Waals surface area contributed by atoms with E-state index in [9.17, 15) is 23.6 Å². The number of alkyl halides is 1. The zero-order valence-electron chi connectivity index (χ0n) is 16.6. The monoisotopic (exact) mass is 493 g/mol. The Labute approximate surface area is 178 Å². The number of ether oxygens (including phenoxy) is 4. The van der Waals surface area contributed by atoms with E-state index in [0.29, 0.717) is 0 Å².